The fraction of sp³-hybridized carbons (Fsp3) is 0.562. The zero-order chi connectivity index (χ0) is 31.3. The molecule has 1 atom stereocenters. The van der Waals surface area contributed by atoms with E-state index in [1.54, 1.807) is 12.4 Å². The molecule has 6 heterocycles. The summed E-state index contributed by atoms with van der Waals surface area (Å²) in [7, 11) is 1.89. The number of pyridine rings is 1. The number of nitrogens with one attached hydrogen (secondary N) is 1. The first-order chi connectivity index (χ1) is 21.6. The van der Waals surface area contributed by atoms with Gasteiger partial charge in [-0.05, 0) is 66.3 Å². The number of alkyl halides is 3. The molecule has 1 aromatic carbocycles. The molecule has 1 amide bonds. The number of halogens is 3. The lowest BCUT2D eigenvalue weighted by molar-refractivity contribution is -0.138. The van der Waals surface area contributed by atoms with Gasteiger partial charge in [0, 0.05) is 63.7 Å². The van der Waals surface area contributed by atoms with Gasteiger partial charge in [-0.1, -0.05) is 6.92 Å². The Balaban J connectivity index is 1.27. The van der Waals surface area contributed by atoms with Crippen molar-refractivity contribution in [2.75, 3.05) is 62.3 Å². The van der Waals surface area contributed by atoms with Crippen LogP contribution in [-0.2, 0) is 42.9 Å². The first-order valence-corrected chi connectivity index (χ1v) is 15.8. The molecule has 0 radical (unpaired) electrons. The predicted molar refractivity (Wildman–Crippen MR) is 162 cm³/mol. The van der Waals surface area contributed by atoms with Crippen LogP contribution in [0.15, 0.2) is 30.6 Å². The molecule has 0 spiro atoms. The van der Waals surface area contributed by atoms with E-state index >= 15 is 0 Å². The third-order valence-corrected chi connectivity index (χ3v) is 9.74. The van der Waals surface area contributed by atoms with Gasteiger partial charge in [-0.15, -0.1) is 10.2 Å². The molecule has 0 bridgehead atoms. The summed E-state index contributed by atoms with van der Waals surface area (Å²) < 4.78 is 51.2. The largest absolute Gasteiger partial charge is 0.416 e. The number of carbonyl (C=O) groups is 1. The number of aryl methyl sites for hydroxylation is 1. The van der Waals surface area contributed by atoms with Crippen LogP contribution in [0.5, 0.6) is 0 Å². The number of hydrogen-bond donors (Lipinski definition) is 1. The van der Waals surface area contributed by atoms with E-state index < -0.39 is 23.1 Å². The Labute approximate surface area is 260 Å². The van der Waals surface area contributed by atoms with Crippen molar-refractivity contribution in [2.24, 2.45) is 13.0 Å². The Morgan fingerprint density at radius 1 is 1.09 bits per heavy atom. The molecular formula is C32H39F3N8O2. The molecule has 4 aliphatic rings. The van der Waals surface area contributed by atoms with Crippen LogP contribution in [0.25, 0.3) is 0 Å². The second-order valence-electron chi connectivity index (χ2n) is 13.2. The van der Waals surface area contributed by atoms with Crippen LogP contribution >= 0.6 is 0 Å². The zero-order valence-electron chi connectivity index (χ0n) is 25.7. The zero-order valence-corrected chi connectivity index (χ0v) is 25.7. The summed E-state index contributed by atoms with van der Waals surface area (Å²) in [5.41, 5.74) is 0.409. The number of amides is 1. The fourth-order valence-corrected chi connectivity index (χ4v) is 7.18. The molecule has 10 nitrogen and oxygen atoms in total. The molecule has 3 saturated heterocycles. The standard InChI is InChI=1S/C32H39F3N8O2/c1-21-4-3-7-41(15-21)16-22-10-24-25(26(11-22)32(33,34)35)17-43(30(24)44)28-13-23(12-27(38-28)42-8-5-36-6-9-42)31(18-45-19-31)14-29-39-37-20-40(29)2/h10-13,20-21,36H,3-9,14-19H2,1-2H3/t21-/m0/s1. The summed E-state index contributed by atoms with van der Waals surface area (Å²) in [4.78, 5) is 24.7. The topological polar surface area (TPSA) is 91.7 Å². The van der Waals surface area contributed by atoms with Gasteiger partial charge in [-0.3, -0.25) is 14.6 Å². The maximum absolute atomic E-state index is 14.5. The van der Waals surface area contributed by atoms with Crippen molar-refractivity contribution in [2.45, 2.75) is 50.9 Å². The lowest BCUT2D eigenvalue weighted by atomic mass is 9.75. The highest BCUT2D eigenvalue weighted by molar-refractivity contribution is 6.10. The number of fused-ring (bicyclic) bond motifs is 1. The highest BCUT2D eigenvalue weighted by atomic mass is 19.4. The Hall–Kier alpha value is -3.55. The molecule has 2 aromatic heterocycles. The van der Waals surface area contributed by atoms with Crippen LogP contribution in [0.3, 0.4) is 0 Å². The van der Waals surface area contributed by atoms with Gasteiger partial charge in [0.05, 0.1) is 25.3 Å². The van der Waals surface area contributed by atoms with E-state index in [0.29, 0.717) is 49.3 Å². The molecule has 0 saturated carbocycles. The molecule has 1 N–H and O–H groups in total. The number of ether oxygens (including phenoxy) is 1. The van der Waals surface area contributed by atoms with Crippen molar-refractivity contribution in [3.05, 3.63) is 64.2 Å². The van der Waals surface area contributed by atoms with E-state index in [0.717, 1.165) is 63.5 Å². The molecule has 4 aliphatic heterocycles. The van der Waals surface area contributed by atoms with Gasteiger partial charge in [0.1, 0.15) is 23.8 Å². The van der Waals surface area contributed by atoms with Crippen molar-refractivity contribution in [3.8, 4) is 0 Å². The normalized spacial score (nSPS) is 22.1. The van der Waals surface area contributed by atoms with Crippen molar-refractivity contribution >= 4 is 17.5 Å². The lowest BCUT2D eigenvalue weighted by Crippen LogP contribution is -2.49. The van der Waals surface area contributed by atoms with E-state index in [9.17, 15) is 18.0 Å². The van der Waals surface area contributed by atoms with Crippen molar-refractivity contribution in [1.29, 1.82) is 0 Å². The number of anilines is 2. The van der Waals surface area contributed by atoms with E-state index in [-0.39, 0.29) is 17.7 Å². The van der Waals surface area contributed by atoms with Crippen LogP contribution in [0.2, 0.25) is 0 Å². The lowest BCUT2D eigenvalue weighted by Gasteiger charge is -2.42. The summed E-state index contributed by atoms with van der Waals surface area (Å²) in [5, 5.41) is 11.7. The van der Waals surface area contributed by atoms with Gasteiger partial charge >= 0.3 is 6.18 Å². The first kappa shape index (κ1) is 30.1. The summed E-state index contributed by atoms with van der Waals surface area (Å²) in [6, 6.07) is 6.81. The summed E-state index contributed by atoms with van der Waals surface area (Å²) >= 11 is 0. The molecular weight excluding hydrogens is 585 g/mol. The number of aromatic nitrogens is 4. The summed E-state index contributed by atoms with van der Waals surface area (Å²) in [6.07, 6.45) is -0.221. The summed E-state index contributed by atoms with van der Waals surface area (Å²) in [5.74, 6) is 1.90. The maximum Gasteiger partial charge on any atom is 0.416 e. The third-order valence-electron chi connectivity index (χ3n) is 9.74. The Bertz CT molecular complexity index is 1580. The average Bonchev–Trinajstić information content (AvgIpc) is 3.56. The number of carbonyl (C=O) groups excluding carboxylic acids is 1. The number of benzene rings is 1. The fourth-order valence-electron chi connectivity index (χ4n) is 7.18. The van der Waals surface area contributed by atoms with E-state index in [2.05, 4.69) is 32.2 Å². The minimum atomic E-state index is -4.59. The number of likely N-dealkylation sites (tertiary alicyclic amines) is 1. The molecule has 0 aliphatic carbocycles. The quantitative estimate of drug-likeness (QED) is 0.427. The number of rotatable bonds is 7. The van der Waals surface area contributed by atoms with Crippen LogP contribution < -0.4 is 15.1 Å². The Morgan fingerprint density at radius 3 is 2.53 bits per heavy atom. The number of nitrogens with zero attached hydrogens (tertiary/aromatic N) is 7. The van der Waals surface area contributed by atoms with Gasteiger partial charge in [0.2, 0.25) is 0 Å². The second-order valence-corrected chi connectivity index (χ2v) is 13.2. The third kappa shape index (κ3) is 5.81. The molecule has 0 unspecified atom stereocenters. The van der Waals surface area contributed by atoms with Crippen molar-refractivity contribution in [1.82, 2.24) is 30.0 Å². The van der Waals surface area contributed by atoms with Crippen molar-refractivity contribution in [3.63, 3.8) is 0 Å². The van der Waals surface area contributed by atoms with Crippen LogP contribution in [0.1, 0.15) is 58.2 Å². The predicted octanol–water partition coefficient (Wildman–Crippen LogP) is 3.54. The molecule has 7 rings (SSSR count). The highest BCUT2D eigenvalue weighted by Gasteiger charge is 2.44. The molecule has 45 heavy (non-hydrogen) atoms. The average molecular weight is 625 g/mol. The minimum Gasteiger partial charge on any atom is -0.379 e. The monoisotopic (exact) mass is 624 g/mol. The maximum atomic E-state index is 14.5. The Kier molecular flexibility index (Phi) is 7.81. The van der Waals surface area contributed by atoms with Gasteiger partial charge in [-0.25, -0.2) is 4.98 Å². The summed E-state index contributed by atoms with van der Waals surface area (Å²) in [6.45, 7) is 7.99. The second kappa shape index (κ2) is 11.7. The SMILES string of the molecule is C[C@H]1CCCN(Cc2cc3c(c(C(F)(F)F)c2)CN(c2cc(C4(Cc5nncn5C)COC4)cc(N4CCNCC4)n2)C3=O)C1. The van der Waals surface area contributed by atoms with Crippen molar-refractivity contribution < 1.29 is 22.7 Å². The van der Waals surface area contributed by atoms with E-state index in [4.69, 9.17) is 9.72 Å². The molecule has 3 aromatic rings. The van der Waals surface area contributed by atoms with Crippen LogP contribution in [0, 0.1) is 5.92 Å². The van der Waals surface area contributed by atoms with Gasteiger partial charge in [-0.2, -0.15) is 13.2 Å². The van der Waals surface area contributed by atoms with Gasteiger partial charge in [0.25, 0.3) is 5.91 Å². The minimum absolute atomic E-state index is 0.0139. The number of piperazine rings is 1. The number of hydrogen-bond acceptors (Lipinski definition) is 8. The molecule has 3 fully saturated rings. The van der Waals surface area contributed by atoms with Crippen LogP contribution in [0.4, 0.5) is 24.8 Å². The van der Waals surface area contributed by atoms with E-state index in [1.165, 1.54) is 11.0 Å². The van der Waals surface area contributed by atoms with Gasteiger partial charge < -0.3 is 19.5 Å². The number of piperidine rings is 1. The van der Waals surface area contributed by atoms with Gasteiger partial charge in [0.15, 0.2) is 0 Å². The smallest absolute Gasteiger partial charge is 0.379 e. The highest BCUT2D eigenvalue weighted by Crippen LogP contribution is 2.42. The van der Waals surface area contributed by atoms with E-state index in [1.807, 2.05) is 23.7 Å². The molecule has 240 valence electrons. The molecule has 13 heteroatoms. The Morgan fingerprint density at radius 2 is 1.87 bits per heavy atom. The van der Waals surface area contributed by atoms with Crippen LogP contribution in [-0.4, -0.2) is 83.0 Å². The first-order valence-electron chi connectivity index (χ1n) is 15.8.